The third-order valence-electron chi connectivity index (χ3n) is 10.2. The van der Waals surface area contributed by atoms with Gasteiger partial charge in [0.15, 0.2) is 17.4 Å². The van der Waals surface area contributed by atoms with Crippen molar-refractivity contribution in [3.8, 4) is 0 Å². The number of halogens is 2. The molecule has 0 amide bonds. The molecular formula is C40H40F2N6O8. The van der Waals surface area contributed by atoms with Gasteiger partial charge >= 0.3 is 11.9 Å². The van der Waals surface area contributed by atoms with Gasteiger partial charge in [-0.25, -0.2) is 37.4 Å². The molecule has 0 radical (unpaired) electrons. The lowest BCUT2D eigenvalue weighted by atomic mass is 9.92. The number of aryl methyl sites for hydroxylation is 2. The van der Waals surface area contributed by atoms with Gasteiger partial charge in [0, 0.05) is 0 Å². The lowest BCUT2D eigenvalue weighted by Gasteiger charge is -2.27. The fourth-order valence-corrected chi connectivity index (χ4v) is 7.10. The quantitative estimate of drug-likeness (QED) is 0.202. The normalized spacial score (nSPS) is 27.2. The number of esters is 2. The second-order valence-corrected chi connectivity index (χ2v) is 14.0. The van der Waals surface area contributed by atoms with Crippen molar-refractivity contribution in [1.82, 2.24) is 29.2 Å². The predicted octanol–water partition coefficient (Wildman–Crippen LogP) is 4.85. The minimum absolute atomic E-state index is 0.272. The number of hydrogen-bond donors (Lipinski definition) is 2. The van der Waals surface area contributed by atoms with Gasteiger partial charge in [0.2, 0.25) is 0 Å². The Morgan fingerprint density at radius 1 is 0.732 bits per heavy atom. The van der Waals surface area contributed by atoms with E-state index < -0.39 is 66.5 Å². The first-order chi connectivity index (χ1) is 26.8. The van der Waals surface area contributed by atoms with Crippen LogP contribution in [-0.4, -0.2) is 100 Å². The molecule has 0 bridgehead atoms. The molecule has 8 atom stereocenters. The van der Waals surface area contributed by atoms with Crippen LogP contribution in [0, 0.1) is 13.8 Å². The molecule has 0 unspecified atom stereocenters. The summed E-state index contributed by atoms with van der Waals surface area (Å²) in [6.45, 7) is 5.48. The van der Waals surface area contributed by atoms with E-state index in [1.165, 1.54) is 26.5 Å². The van der Waals surface area contributed by atoms with E-state index in [2.05, 4.69) is 20.2 Å². The molecule has 8 rings (SSSR count). The van der Waals surface area contributed by atoms with Crippen LogP contribution < -0.4 is 0 Å². The van der Waals surface area contributed by atoms with Crippen molar-refractivity contribution in [3.05, 3.63) is 131 Å². The molecule has 2 fully saturated rings. The first-order valence-electron chi connectivity index (χ1n) is 17.9. The van der Waals surface area contributed by atoms with Crippen molar-refractivity contribution in [2.45, 2.75) is 75.7 Å². The highest BCUT2D eigenvalue weighted by molar-refractivity contribution is 5.90. The van der Waals surface area contributed by atoms with Crippen molar-refractivity contribution < 1.29 is 47.5 Å². The fourth-order valence-electron chi connectivity index (χ4n) is 7.10. The van der Waals surface area contributed by atoms with E-state index in [9.17, 15) is 19.1 Å². The number of aromatic nitrogens is 6. The summed E-state index contributed by atoms with van der Waals surface area (Å²) in [4.78, 5) is 33.6. The minimum atomic E-state index is -2.17. The number of carbonyl (C=O) groups excluding carboxylic acids is 2. The van der Waals surface area contributed by atoms with Gasteiger partial charge in [-0.1, -0.05) is 36.4 Å². The van der Waals surface area contributed by atoms with Crippen molar-refractivity contribution in [1.29, 1.82) is 0 Å². The SMILES string of the molecule is Cc1ncnn2c([C@@H]3O[C@H](CO)[C@@H](O)[C@@]3(C)F)ccc12.Cc1ncnn2c([C@@H]3O[C@H](COC(=O)c4ccccc4)[C@@H](OC(=O)c4ccccc4)[C@@]3(C)F)ccc12. The predicted molar refractivity (Wildman–Crippen MR) is 195 cm³/mol. The van der Waals surface area contributed by atoms with Gasteiger partial charge in [0.05, 0.1) is 51.5 Å². The summed E-state index contributed by atoms with van der Waals surface area (Å²) in [7, 11) is 0. The Morgan fingerprint density at radius 3 is 1.71 bits per heavy atom. The molecule has 16 heteroatoms. The second-order valence-electron chi connectivity index (χ2n) is 14.0. The van der Waals surface area contributed by atoms with E-state index in [1.807, 2.05) is 13.8 Å². The number of carbonyl (C=O) groups is 2. The molecule has 6 aromatic rings. The van der Waals surface area contributed by atoms with Crippen LogP contribution in [0.3, 0.4) is 0 Å². The third kappa shape index (κ3) is 7.11. The van der Waals surface area contributed by atoms with Crippen LogP contribution >= 0.6 is 0 Å². The Kier molecular flexibility index (Phi) is 10.6. The summed E-state index contributed by atoms with van der Waals surface area (Å²) >= 11 is 0. The maximum atomic E-state index is 16.5. The Labute approximate surface area is 319 Å². The molecule has 292 valence electrons. The van der Waals surface area contributed by atoms with Crippen LogP contribution in [0.2, 0.25) is 0 Å². The van der Waals surface area contributed by atoms with E-state index in [0.717, 1.165) is 16.9 Å². The molecule has 2 N–H and O–H groups in total. The molecule has 56 heavy (non-hydrogen) atoms. The fraction of sp³-hybridized carbons (Fsp3) is 0.350. The van der Waals surface area contributed by atoms with E-state index in [1.54, 1.807) is 94.0 Å². The number of alkyl halides is 2. The van der Waals surface area contributed by atoms with E-state index in [0.29, 0.717) is 22.5 Å². The van der Waals surface area contributed by atoms with E-state index in [4.69, 9.17) is 24.1 Å². The van der Waals surface area contributed by atoms with Gasteiger partial charge in [0.1, 0.15) is 49.8 Å². The maximum absolute atomic E-state index is 16.5. The minimum Gasteiger partial charge on any atom is -0.459 e. The number of hydrogen-bond acceptors (Lipinski definition) is 12. The van der Waals surface area contributed by atoms with Crippen molar-refractivity contribution in [2.24, 2.45) is 0 Å². The van der Waals surface area contributed by atoms with Crippen molar-refractivity contribution in [2.75, 3.05) is 13.2 Å². The third-order valence-corrected chi connectivity index (χ3v) is 10.2. The molecule has 2 aromatic carbocycles. The Bertz CT molecular complexity index is 2340. The Balaban J connectivity index is 0.000000202. The van der Waals surface area contributed by atoms with Crippen molar-refractivity contribution >= 4 is 23.0 Å². The van der Waals surface area contributed by atoms with Gasteiger partial charge in [-0.2, -0.15) is 10.2 Å². The summed E-state index contributed by atoms with van der Waals surface area (Å²) in [5.41, 5.74) is 0.309. The van der Waals surface area contributed by atoms with Crippen LogP contribution in [0.4, 0.5) is 8.78 Å². The number of benzene rings is 2. The Morgan fingerprint density at radius 2 is 1.21 bits per heavy atom. The van der Waals surface area contributed by atoms with Gasteiger partial charge in [0.25, 0.3) is 0 Å². The van der Waals surface area contributed by atoms with Gasteiger partial charge in [-0.3, -0.25) is 0 Å². The number of ether oxygens (including phenoxy) is 4. The summed E-state index contributed by atoms with van der Waals surface area (Å²) in [6.07, 6.45) is -4.12. The number of aliphatic hydroxyl groups excluding tert-OH is 2. The van der Waals surface area contributed by atoms with Gasteiger partial charge < -0.3 is 29.2 Å². The number of rotatable bonds is 8. The van der Waals surface area contributed by atoms with Crippen LogP contribution in [0.5, 0.6) is 0 Å². The van der Waals surface area contributed by atoms with Crippen LogP contribution in [-0.2, 0) is 18.9 Å². The summed E-state index contributed by atoms with van der Waals surface area (Å²) in [6, 6.07) is 23.7. The summed E-state index contributed by atoms with van der Waals surface area (Å²) < 4.78 is 57.0. The van der Waals surface area contributed by atoms with Gasteiger partial charge in [-0.05, 0) is 76.2 Å². The lowest BCUT2D eigenvalue weighted by molar-refractivity contribution is -0.0449. The molecule has 2 saturated heterocycles. The monoisotopic (exact) mass is 770 g/mol. The first-order valence-corrected chi connectivity index (χ1v) is 17.9. The lowest BCUT2D eigenvalue weighted by Crippen LogP contribution is -2.43. The molecule has 4 aromatic heterocycles. The molecular weight excluding hydrogens is 730 g/mol. The zero-order valence-corrected chi connectivity index (χ0v) is 30.9. The van der Waals surface area contributed by atoms with E-state index in [-0.39, 0.29) is 12.2 Å². The molecule has 0 aliphatic carbocycles. The molecule has 2 aliphatic rings. The highest BCUT2D eigenvalue weighted by Crippen LogP contribution is 2.47. The molecule has 14 nitrogen and oxygen atoms in total. The van der Waals surface area contributed by atoms with E-state index >= 15 is 4.39 Å². The second kappa shape index (κ2) is 15.5. The maximum Gasteiger partial charge on any atom is 0.338 e. The van der Waals surface area contributed by atoms with Crippen LogP contribution in [0.25, 0.3) is 11.0 Å². The standard InChI is InChI=1S/C27H24FN3O5.C13H16FN3O3/c1-17-20-13-14-21(31(20)30-16-29-17)23-27(2,28)24(36-26(33)19-11-7-4-8-12-19)22(35-23)15-34-25(32)18-9-5-3-6-10-18;1-7-8-3-4-9(17(8)16-6-15-7)12-13(2,14)11(19)10(5-18)20-12/h3-14,16,22-24H,15H2,1-2H3;3-4,6,10-12,18-19H,5H2,1-2H3/t22-,23+,24-,27+;10-,11-,12+,13-/m11/s1. The topological polar surface area (TPSA) is 172 Å². The van der Waals surface area contributed by atoms with Crippen LogP contribution in [0.1, 0.15) is 69.5 Å². The van der Waals surface area contributed by atoms with Crippen molar-refractivity contribution in [3.63, 3.8) is 0 Å². The highest BCUT2D eigenvalue weighted by Gasteiger charge is 2.59. The smallest absolute Gasteiger partial charge is 0.338 e. The largest absolute Gasteiger partial charge is 0.459 e. The highest BCUT2D eigenvalue weighted by atomic mass is 19.1. The molecule has 0 saturated carbocycles. The molecule has 0 spiro atoms. The molecule has 6 heterocycles. The zero-order valence-electron chi connectivity index (χ0n) is 30.9. The number of fused-ring (bicyclic) bond motifs is 2. The van der Waals surface area contributed by atoms with Gasteiger partial charge in [-0.15, -0.1) is 0 Å². The Hall–Kier alpha value is -5.68. The zero-order chi connectivity index (χ0) is 39.8. The summed E-state index contributed by atoms with van der Waals surface area (Å²) in [5, 5.41) is 27.4. The average molecular weight is 771 g/mol. The first kappa shape index (κ1) is 38.6. The summed E-state index contributed by atoms with van der Waals surface area (Å²) in [5.74, 6) is -1.29. The number of aliphatic hydroxyl groups is 2. The average Bonchev–Trinajstić information content (AvgIpc) is 3.94. The number of nitrogens with zero attached hydrogens (tertiary/aromatic N) is 6. The van der Waals surface area contributed by atoms with Crippen LogP contribution in [0.15, 0.2) is 97.6 Å². The molecule has 2 aliphatic heterocycles.